The molecular formula is C35H52N5O9P. The molecule has 15 heteroatoms. The molecule has 2 aromatic carbocycles. The van der Waals surface area contributed by atoms with E-state index in [9.17, 15) is 14.3 Å². The minimum atomic E-state index is -3.97. The van der Waals surface area contributed by atoms with Gasteiger partial charge in [0, 0.05) is 36.3 Å². The molecule has 3 N–H and O–H groups in total. The Kier molecular flexibility index (Phi) is 17.3. The second-order valence-corrected chi connectivity index (χ2v) is 13.4. The van der Waals surface area contributed by atoms with Gasteiger partial charge in [-0.3, -0.25) is 13.8 Å². The van der Waals surface area contributed by atoms with E-state index in [4.69, 9.17) is 28.0 Å². The summed E-state index contributed by atoms with van der Waals surface area (Å²) in [6.07, 6.45) is 3.09. The van der Waals surface area contributed by atoms with Gasteiger partial charge in [-0.15, -0.1) is 5.10 Å². The number of anilines is 1. The van der Waals surface area contributed by atoms with Crippen molar-refractivity contribution < 1.29 is 42.2 Å². The Balaban J connectivity index is 0.957. The highest BCUT2D eigenvalue weighted by Gasteiger charge is 2.23. The van der Waals surface area contributed by atoms with Crippen LogP contribution in [0.1, 0.15) is 51.5 Å². The van der Waals surface area contributed by atoms with Crippen molar-refractivity contribution in [1.29, 1.82) is 0 Å². The number of aromatic nitrogens is 3. The van der Waals surface area contributed by atoms with Gasteiger partial charge in [-0.25, -0.2) is 9.25 Å². The molecule has 0 radical (unpaired) electrons. The van der Waals surface area contributed by atoms with Crippen LogP contribution in [-0.2, 0) is 50.4 Å². The van der Waals surface area contributed by atoms with E-state index in [-0.39, 0.29) is 25.0 Å². The fraction of sp³-hybridized carbons (Fsp3) is 0.571. The van der Waals surface area contributed by atoms with Crippen molar-refractivity contribution >= 4 is 19.4 Å². The van der Waals surface area contributed by atoms with Crippen molar-refractivity contribution in [2.24, 2.45) is 0 Å². The molecule has 1 atom stereocenters. The molecule has 0 aliphatic carbocycles. The first-order chi connectivity index (χ1) is 24.3. The normalized spacial score (nSPS) is 13.4. The molecule has 4 rings (SSSR count). The van der Waals surface area contributed by atoms with Crippen LogP contribution in [0.15, 0.2) is 48.5 Å². The molecule has 50 heavy (non-hydrogen) atoms. The minimum Gasteiger partial charge on any atom is -0.380 e. The van der Waals surface area contributed by atoms with E-state index in [0.29, 0.717) is 72.4 Å². The predicted molar refractivity (Wildman–Crippen MR) is 190 cm³/mol. The topological polar surface area (TPSA) is 165 Å². The number of fused-ring (bicyclic) bond motifs is 5. The molecule has 0 saturated heterocycles. The van der Waals surface area contributed by atoms with Gasteiger partial charge >= 0.3 is 7.82 Å². The zero-order chi connectivity index (χ0) is 35.4. The highest BCUT2D eigenvalue weighted by Crippen LogP contribution is 2.44. The Morgan fingerprint density at radius 3 is 2.24 bits per heavy atom. The molecule has 0 bridgehead atoms. The van der Waals surface area contributed by atoms with E-state index in [1.165, 1.54) is 5.56 Å². The maximum Gasteiger partial charge on any atom is 0.472 e. The summed E-state index contributed by atoms with van der Waals surface area (Å²) in [4.78, 5) is 21.5. The molecule has 14 nitrogen and oxygen atoms in total. The van der Waals surface area contributed by atoms with Gasteiger partial charge in [-0.2, -0.15) is 0 Å². The first-order valence-electron chi connectivity index (χ1n) is 17.4. The third-order valence-electron chi connectivity index (χ3n) is 7.69. The molecule has 1 amide bonds. The van der Waals surface area contributed by atoms with Gasteiger partial charge in [-0.1, -0.05) is 60.5 Å². The molecule has 0 fully saturated rings. The molecule has 1 aliphatic rings. The quantitative estimate of drug-likeness (QED) is 0.0775. The van der Waals surface area contributed by atoms with Crippen LogP contribution < -0.4 is 10.6 Å². The van der Waals surface area contributed by atoms with Crippen LogP contribution in [0.2, 0.25) is 0 Å². The Morgan fingerprint density at radius 2 is 1.50 bits per heavy atom. The van der Waals surface area contributed by atoms with Gasteiger partial charge in [0.05, 0.1) is 77.8 Å². The first kappa shape index (κ1) is 39.6. The van der Waals surface area contributed by atoms with Crippen LogP contribution in [0.4, 0.5) is 5.69 Å². The monoisotopic (exact) mass is 717 g/mol. The van der Waals surface area contributed by atoms with Crippen molar-refractivity contribution in [3.05, 3.63) is 54.1 Å². The number of phosphoric acid groups is 1. The Hall–Kier alpha value is -3.20. The van der Waals surface area contributed by atoms with Crippen molar-refractivity contribution in [3.63, 3.8) is 0 Å². The summed E-state index contributed by atoms with van der Waals surface area (Å²) in [7, 11) is -3.97. The van der Waals surface area contributed by atoms with Crippen LogP contribution in [0, 0.1) is 0 Å². The van der Waals surface area contributed by atoms with Crippen molar-refractivity contribution in [2.45, 2.75) is 65.1 Å². The van der Waals surface area contributed by atoms with E-state index in [0.717, 1.165) is 54.0 Å². The van der Waals surface area contributed by atoms with Gasteiger partial charge in [0.1, 0.15) is 5.69 Å². The predicted octanol–water partition coefficient (Wildman–Crippen LogP) is 5.21. The number of amides is 1. The number of phosphoric ester groups is 1. The van der Waals surface area contributed by atoms with Crippen molar-refractivity contribution in [1.82, 2.24) is 20.3 Å². The number of unbranched alkanes of at least 4 members (excludes halogenated alkanes) is 3. The fourth-order valence-corrected chi connectivity index (χ4v) is 6.26. The zero-order valence-electron chi connectivity index (χ0n) is 29.2. The SMILES string of the molecule is CC(C)OP(=O)(O)OCCCCCCNC(=O)CCOCCOCCOCCOCCn1nnc2c1-c1ccccc1CNc1ccccc1-2. The third kappa shape index (κ3) is 13.8. The molecule has 276 valence electrons. The maximum atomic E-state index is 12.0. The summed E-state index contributed by atoms with van der Waals surface area (Å²) >= 11 is 0. The van der Waals surface area contributed by atoms with Crippen LogP contribution in [-0.4, -0.2) is 97.9 Å². The van der Waals surface area contributed by atoms with Crippen LogP contribution >= 0.6 is 7.82 Å². The van der Waals surface area contributed by atoms with Crippen LogP contribution in [0.5, 0.6) is 0 Å². The van der Waals surface area contributed by atoms with Gasteiger partial charge in [-0.05, 0) is 38.3 Å². The third-order valence-corrected chi connectivity index (χ3v) is 8.88. The Morgan fingerprint density at radius 1 is 0.860 bits per heavy atom. The summed E-state index contributed by atoms with van der Waals surface area (Å²) in [6.45, 7) is 8.84. The molecule has 3 aromatic rings. The molecule has 1 aliphatic heterocycles. The largest absolute Gasteiger partial charge is 0.472 e. The Labute approximate surface area is 294 Å². The number of para-hydroxylation sites is 1. The first-order valence-corrected chi connectivity index (χ1v) is 18.9. The number of nitrogens with one attached hydrogen (secondary N) is 2. The van der Waals surface area contributed by atoms with Crippen LogP contribution in [0.3, 0.4) is 0 Å². The van der Waals surface area contributed by atoms with Gasteiger partial charge in [0.2, 0.25) is 5.91 Å². The fourth-order valence-electron chi connectivity index (χ4n) is 5.31. The molecule has 0 saturated carbocycles. The highest BCUT2D eigenvalue weighted by atomic mass is 31.2. The lowest BCUT2D eigenvalue weighted by Crippen LogP contribution is -2.25. The van der Waals surface area contributed by atoms with E-state index < -0.39 is 7.82 Å². The number of rotatable bonds is 25. The number of hydrogen-bond acceptors (Lipinski definition) is 11. The standard InChI is InChI=1S/C35H52N5O9P/c1-28(2)49-50(42,43)48-18-10-4-3-9-16-36-33(41)15-19-44-21-23-46-25-26-47-24-22-45-20-17-40-35-30-12-6-5-11-29(30)27-37-32-14-8-7-13-31(32)34(35)38-39-40/h5-8,11-14,28,37H,3-4,9-10,15-27H2,1-2H3,(H,36,41)(H,42,43). The highest BCUT2D eigenvalue weighted by molar-refractivity contribution is 7.47. The molecular weight excluding hydrogens is 665 g/mol. The lowest BCUT2D eigenvalue weighted by Gasteiger charge is -2.19. The summed E-state index contributed by atoms with van der Waals surface area (Å²) in [6, 6.07) is 16.5. The number of carbonyl (C=O) groups excluding carboxylic acids is 1. The number of benzene rings is 2. The number of carbonyl (C=O) groups is 1. The summed E-state index contributed by atoms with van der Waals surface area (Å²) < 4.78 is 45.8. The molecule has 2 heterocycles. The minimum absolute atomic E-state index is 0.0583. The summed E-state index contributed by atoms with van der Waals surface area (Å²) in [5.41, 5.74) is 6.23. The summed E-state index contributed by atoms with van der Waals surface area (Å²) in [5, 5.41) is 15.4. The van der Waals surface area contributed by atoms with Gasteiger partial charge < -0.3 is 34.5 Å². The second-order valence-electron chi connectivity index (χ2n) is 12.0. The molecule has 0 spiro atoms. The lowest BCUT2D eigenvalue weighted by atomic mass is 9.97. The average Bonchev–Trinajstić information content (AvgIpc) is 3.50. The number of hydrogen-bond donors (Lipinski definition) is 3. The lowest BCUT2D eigenvalue weighted by molar-refractivity contribution is -0.122. The smallest absolute Gasteiger partial charge is 0.380 e. The van der Waals surface area contributed by atoms with E-state index in [1.807, 2.05) is 28.9 Å². The van der Waals surface area contributed by atoms with E-state index in [1.54, 1.807) is 13.8 Å². The molecule has 1 aromatic heterocycles. The van der Waals surface area contributed by atoms with E-state index >= 15 is 0 Å². The van der Waals surface area contributed by atoms with Crippen molar-refractivity contribution in [2.75, 3.05) is 71.3 Å². The zero-order valence-corrected chi connectivity index (χ0v) is 30.1. The van der Waals surface area contributed by atoms with Gasteiger partial charge in [0.15, 0.2) is 0 Å². The number of ether oxygens (including phenoxy) is 4. The molecule has 1 unspecified atom stereocenters. The second kappa shape index (κ2) is 21.9. The van der Waals surface area contributed by atoms with Crippen molar-refractivity contribution in [3.8, 4) is 22.5 Å². The average molecular weight is 718 g/mol. The van der Waals surface area contributed by atoms with Gasteiger partial charge in [0.25, 0.3) is 0 Å². The number of nitrogens with zero attached hydrogens (tertiary/aromatic N) is 3. The van der Waals surface area contributed by atoms with Crippen LogP contribution in [0.25, 0.3) is 22.5 Å². The van der Waals surface area contributed by atoms with E-state index in [2.05, 4.69) is 45.2 Å². The maximum absolute atomic E-state index is 12.0. The Bertz CT molecular complexity index is 1490. The summed E-state index contributed by atoms with van der Waals surface area (Å²) in [5.74, 6) is -0.0583.